The highest BCUT2D eigenvalue weighted by atomic mass is 16.5. The van der Waals surface area contributed by atoms with E-state index in [2.05, 4.69) is 0 Å². The summed E-state index contributed by atoms with van der Waals surface area (Å²) in [4.78, 5) is 11.0. The number of hydrogen-bond donors (Lipinski definition) is 0. The maximum Gasteiger partial charge on any atom is 0.203 e. The highest BCUT2D eigenvalue weighted by Gasteiger charge is 2.20. The molecule has 1 aromatic rings. The molecule has 0 atom stereocenters. The van der Waals surface area contributed by atoms with Crippen molar-refractivity contribution in [2.24, 2.45) is 0 Å². The van der Waals surface area contributed by atoms with Gasteiger partial charge in [0.1, 0.15) is 6.61 Å². The number of hydrogen-bond acceptors (Lipinski definition) is 4. The van der Waals surface area contributed by atoms with Gasteiger partial charge in [-0.1, -0.05) is 6.08 Å². The zero-order valence-electron chi connectivity index (χ0n) is 9.15. The summed E-state index contributed by atoms with van der Waals surface area (Å²) in [6.07, 6.45) is 4.48. The van der Waals surface area contributed by atoms with Gasteiger partial charge in [-0.15, -0.1) is 0 Å². The van der Waals surface area contributed by atoms with Crippen molar-refractivity contribution < 1.29 is 19.0 Å². The lowest BCUT2D eigenvalue weighted by Crippen LogP contribution is -2.06. The van der Waals surface area contributed by atoms with E-state index in [0.717, 1.165) is 11.8 Å². The summed E-state index contributed by atoms with van der Waals surface area (Å²) in [5.74, 6) is 1.58. The Hall–Kier alpha value is -1.97. The molecule has 2 rings (SSSR count). The van der Waals surface area contributed by atoms with Crippen molar-refractivity contribution in [1.82, 2.24) is 0 Å². The van der Waals surface area contributed by atoms with Gasteiger partial charge >= 0.3 is 0 Å². The van der Waals surface area contributed by atoms with E-state index in [9.17, 15) is 4.79 Å². The van der Waals surface area contributed by atoms with Crippen LogP contribution in [0.5, 0.6) is 17.2 Å². The number of fused-ring (bicyclic) bond motifs is 1. The van der Waals surface area contributed by atoms with Gasteiger partial charge in [0.05, 0.1) is 14.2 Å². The Balaban J connectivity index is 2.70. The van der Waals surface area contributed by atoms with Crippen molar-refractivity contribution in [3.8, 4) is 17.2 Å². The second kappa shape index (κ2) is 4.26. The minimum absolute atomic E-state index is 0.467. The second-order valence-corrected chi connectivity index (χ2v) is 3.28. The van der Waals surface area contributed by atoms with Crippen LogP contribution < -0.4 is 14.2 Å². The summed E-state index contributed by atoms with van der Waals surface area (Å²) in [6.45, 7) is 0.467. The molecule has 16 heavy (non-hydrogen) atoms. The Bertz CT molecular complexity index is 449. The van der Waals surface area contributed by atoms with Gasteiger partial charge in [-0.3, -0.25) is 4.79 Å². The van der Waals surface area contributed by atoms with E-state index in [4.69, 9.17) is 14.2 Å². The van der Waals surface area contributed by atoms with Crippen molar-refractivity contribution in [2.75, 3.05) is 20.8 Å². The quantitative estimate of drug-likeness (QED) is 0.730. The minimum Gasteiger partial charge on any atom is -0.493 e. The van der Waals surface area contributed by atoms with Crippen molar-refractivity contribution in [3.63, 3.8) is 0 Å². The van der Waals surface area contributed by atoms with Crippen molar-refractivity contribution >= 4 is 12.4 Å². The molecule has 0 aromatic heterocycles. The largest absolute Gasteiger partial charge is 0.493 e. The third-order valence-corrected chi connectivity index (χ3v) is 2.43. The molecular formula is C12H12O4. The number of ether oxygens (including phenoxy) is 3. The fraction of sp³-hybridized carbons (Fsp3) is 0.250. The molecule has 1 heterocycles. The van der Waals surface area contributed by atoms with E-state index in [1.54, 1.807) is 13.2 Å². The van der Waals surface area contributed by atoms with Crippen LogP contribution in [0.3, 0.4) is 0 Å². The Morgan fingerprint density at radius 2 is 2.19 bits per heavy atom. The standard InChI is InChI=1S/C12H12O4/c1-14-10-6-8(7-13)9-4-3-5-16-11(9)12(10)15-2/h3-4,6-7H,5H2,1-2H3. The number of methoxy groups -OCH3 is 2. The molecule has 1 aliphatic heterocycles. The molecule has 0 saturated heterocycles. The summed E-state index contributed by atoms with van der Waals surface area (Å²) in [6, 6.07) is 1.64. The second-order valence-electron chi connectivity index (χ2n) is 3.28. The van der Waals surface area contributed by atoms with Crippen LogP contribution in [0.15, 0.2) is 12.1 Å². The van der Waals surface area contributed by atoms with Gasteiger partial charge in [-0.25, -0.2) is 0 Å². The van der Waals surface area contributed by atoms with E-state index in [-0.39, 0.29) is 0 Å². The van der Waals surface area contributed by atoms with Crippen LogP contribution in [-0.2, 0) is 0 Å². The molecule has 0 bridgehead atoms. The van der Waals surface area contributed by atoms with Gasteiger partial charge in [0.15, 0.2) is 17.8 Å². The van der Waals surface area contributed by atoms with E-state index in [1.807, 2.05) is 12.2 Å². The predicted octanol–water partition coefficient (Wildman–Crippen LogP) is 1.92. The SMILES string of the molecule is COc1cc(C=O)c2c(c1OC)OCC=C2. The molecule has 0 unspecified atom stereocenters. The summed E-state index contributed by atoms with van der Waals surface area (Å²) < 4.78 is 15.9. The molecular weight excluding hydrogens is 208 g/mol. The maximum atomic E-state index is 11.0. The number of carbonyl (C=O) groups excluding carboxylic acids is 1. The first-order valence-electron chi connectivity index (χ1n) is 4.85. The minimum atomic E-state index is 0.467. The van der Waals surface area contributed by atoms with Crippen LogP contribution in [0.1, 0.15) is 15.9 Å². The molecule has 0 amide bonds. The van der Waals surface area contributed by atoms with Crippen molar-refractivity contribution in [3.05, 3.63) is 23.3 Å². The van der Waals surface area contributed by atoms with E-state index in [1.165, 1.54) is 7.11 Å². The Kier molecular flexibility index (Phi) is 2.81. The average Bonchev–Trinajstić information content (AvgIpc) is 2.36. The lowest BCUT2D eigenvalue weighted by atomic mass is 10.0. The molecule has 0 spiro atoms. The molecule has 0 radical (unpaired) electrons. The lowest BCUT2D eigenvalue weighted by Gasteiger charge is -2.19. The van der Waals surface area contributed by atoms with Gasteiger partial charge in [-0.2, -0.15) is 0 Å². The van der Waals surface area contributed by atoms with Gasteiger partial charge in [0.2, 0.25) is 5.75 Å². The molecule has 0 saturated carbocycles. The van der Waals surface area contributed by atoms with Crippen molar-refractivity contribution in [1.29, 1.82) is 0 Å². The van der Waals surface area contributed by atoms with Crippen LogP contribution in [0.2, 0.25) is 0 Å². The first-order chi connectivity index (χ1) is 7.81. The molecule has 1 aliphatic rings. The molecule has 4 heteroatoms. The summed E-state index contributed by atoms with van der Waals surface area (Å²) >= 11 is 0. The highest BCUT2D eigenvalue weighted by Crippen LogP contribution is 2.43. The fourth-order valence-corrected chi connectivity index (χ4v) is 1.70. The first-order valence-corrected chi connectivity index (χ1v) is 4.85. The topological polar surface area (TPSA) is 44.8 Å². The predicted molar refractivity (Wildman–Crippen MR) is 59.5 cm³/mol. The van der Waals surface area contributed by atoms with Gasteiger partial charge in [0, 0.05) is 11.1 Å². The van der Waals surface area contributed by atoms with Crippen LogP contribution >= 0.6 is 0 Å². The fourth-order valence-electron chi connectivity index (χ4n) is 1.70. The Morgan fingerprint density at radius 3 is 2.81 bits per heavy atom. The maximum absolute atomic E-state index is 11.0. The van der Waals surface area contributed by atoms with E-state index >= 15 is 0 Å². The van der Waals surface area contributed by atoms with Crippen LogP contribution in [0.4, 0.5) is 0 Å². The van der Waals surface area contributed by atoms with Gasteiger partial charge in [-0.05, 0) is 12.1 Å². The third-order valence-electron chi connectivity index (χ3n) is 2.43. The summed E-state index contributed by atoms with van der Waals surface area (Å²) in [5.41, 5.74) is 1.27. The van der Waals surface area contributed by atoms with Gasteiger partial charge in [0.25, 0.3) is 0 Å². The zero-order valence-corrected chi connectivity index (χ0v) is 9.15. The van der Waals surface area contributed by atoms with E-state index in [0.29, 0.717) is 29.4 Å². The first kappa shape index (κ1) is 10.5. The Labute approximate surface area is 93.4 Å². The van der Waals surface area contributed by atoms with Gasteiger partial charge < -0.3 is 14.2 Å². The molecule has 84 valence electrons. The molecule has 0 N–H and O–H groups in total. The monoisotopic (exact) mass is 220 g/mol. The molecule has 0 aliphatic carbocycles. The lowest BCUT2D eigenvalue weighted by molar-refractivity contribution is 0.112. The Morgan fingerprint density at radius 1 is 1.38 bits per heavy atom. The van der Waals surface area contributed by atoms with Crippen LogP contribution in [0, 0.1) is 0 Å². The number of carbonyl (C=O) groups is 1. The van der Waals surface area contributed by atoms with Crippen LogP contribution in [-0.4, -0.2) is 27.1 Å². The third kappa shape index (κ3) is 1.52. The molecule has 4 nitrogen and oxygen atoms in total. The normalized spacial score (nSPS) is 12.6. The van der Waals surface area contributed by atoms with E-state index < -0.39 is 0 Å². The average molecular weight is 220 g/mol. The molecule has 0 fully saturated rings. The highest BCUT2D eigenvalue weighted by molar-refractivity contribution is 5.87. The zero-order chi connectivity index (χ0) is 11.5. The number of rotatable bonds is 3. The smallest absolute Gasteiger partial charge is 0.203 e. The molecule has 1 aromatic carbocycles. The number of benzene rings is 1. The summed E-state index contributed by atoms with van der Waals surface area (Å²) in [7, 11) is 3.07. The van der Waals surface area contributed by atoms with Crippen molar-refractivity contribution in [2.45, 2.75) is 0 Å². The van der Waals surface area contributed by atoms with Crippen LogP contribution in [0.25, 0.3) is 6.08 Å². The summed E-state index contributed by atoms with van der Waals surface area (Å²) in [5, 5.41) is 0. The number of aldehydes is 1.